The highest BCUT2D eigenvalue weighted by atomic mass is 16.5. The van der Waals surface area contributed by atoms with Crippen molar-refractivity contribution in [1.29, 1.82) is 0 Å². The molecule has 0 bridgehead atoms. The lowest BCUT2D eigenvalue weighted by Crippen LogP contribution is -2.39. The maximum Gasteiger partial charge on any atom is 0.379 e. The summed E-state index contributed by atoms with van der Waals surface area (Å²) < 4.78 is 12.5. The van der Waals surface area contributed by atoms with Crippen LogP contribution in [0.15, 0.2) is 47.5 Å². The van der Waals surface area contributed by atoms with Gasteiger partial charge in [-0.1, -0.05) is 48.9 Å². The third kappa shape index (κ3) is 5.16. The van der Waals surface area contributed by atoms with E-state index in [9.17, 15) is 4.79 Å². The second-order valence-corrected chi connectivity index (χ2v) is 6.01. The van der Waals surface area contributed by atoms with Gasteiger partial charge in [-0.3, -0.25) is 0 Å². The molecule has 0 saturated heterocycles. The number of benzene rings is 1. The molecule has 1 aromatic rings. The molecule has 1 heterocycles. The SMILES string of the molecule is CC(C)[C@@H](C(=O)OCc1ccccc1)[N+]1=NC(OCCCCO)=C1. The number of unbranched alkanes of at least 4 members (excludes halogenated alkanes) is 1. The summed E-state index contributed by atoms with van der Waals surface area (Å²) in [4.78, 5) is 12.4. The predicted molar refractivity (Wildman–Crippen MR) is 87.9 cm³/mol. The minimum Gasteiger partial charge on any atom is -0.469 e. The molecule has 0 aromatic heterocycles. The van der Waals surface area contributed by atoms with Crippen molar-refractivity contribution in [3.63, 3.8) is 0 Å². The Kier molecular flexibility index (Phi) is 6.93. The van der Waals surface area contributed by atoms with Crippen LogP contribution in [0.25, 0.3) is 0 Å². The molecule has 1 aliphatic rings. The molecule has 0 unspecified atom stereocenters. The van der Waals surface area contributed by atoms with Gasteiger partial charge in [-0.05, 0) is 18.4 Å². The molecule has 130 valence electrons. The highest BCUT2D eigenvalue weighted by Gasteiger charge is 2.40. The molecular formula is C18H25N2O4+. The van der Waals surface area contributed by atoms with Crippen LogP contribution < -0.4 is 0 Å². The first-order chi connectivity index (χ1) is 11.6. The number of carbonyl (C=O) groups is 1. The Morgan fingerprint density at radius 3 is 2.58 bits per heavy atom. The van der Waals surface area contributed by atoms with Gasteiger partial charge in [0, 0.05) is 17.6 Å². The molecule has 6 heteroatoms. The molecule has 24 heavy (non-hydrogen) atoms. The van der Waals surface area contributed by atoms with Gasteiger partial charge in [0.25, 0.3) is 12.2 Å². The van der Waals surface area contributed by atoms with Gasteiger partial charge in [-0.15, -0.1) is 0 Å². The molecular weight excluding hydrogens is 308 g/mol. The standard InChI is InChI=1S/C18H25N2O4/c1-14(2)17(18(22)24-13-15-8-4-3-5-9-15)20-12-16(19-20)23-11-7-6-10-21/h3-5,8-9,12,14,17,21H,6-7,10-11,13H2,1-2H3/q+1/t17-/m0/s1. The third-order valence-electron chi connectivity index (χ3n) is 3.64. The molecule has 0 fully saturated rings. The smallest absolute Gasteiger partial charge is 0.379 e. The molecule has 2 rings (SSSR count). The molecule has 0 amide bonds. The molecule has 0 radical (unpaired) electrons. The van der Waals surface area contributed by atoms with Crippen LogP contribution in [-0.4, -0.2) is 35.0 Å². The Bertz CT molecular complexity index is 596. The summed E-state index contributed by atoms with van der Waals surface area (Å²) in [5, 5.41) is 12.9. The van der Waals surface area contributed by atoms with Crippen LogP contribution in [0.2, 0.25) is 0 Å². The van der Waals surface area contributed by atoms with Crippen molar-refractivity contribution < 1.29 is 24.1 Å². The Morgan fingerprint density at radius 1 is 1.25 bits per heavy atom. The predicted octanol–water partition coefficient (Wildman–Crippen LogP) is 2.82. The monoisotopic (exact) mass is 333 g/mol. The zero-order valence-electron chi connectivity index (χ0n) is 14.2. The molecule has 0 aliphatic carbocycles. The van der Waals surface area contributed by atoms with Gasteiger partial charge in [0.15, 0.2) is 0 Å². The van der Waals surface area contributed by atoms with E-state index >= 15 is 0 Å². The summed E-state index contributed by atoms with van der Waals surface area (Å²) in [6.07, 6.45) is 3.20. The van der Waals surface area contributed by atoms with Gasteiger partial charge in [0.2, 0.25) is 0 Å². The average molecular weight is 333 g/mol. The van der Waals surface area contributed by atoms with Crippen LogP contribution >= 0.6 is 0 Å². The Labute approximate surface area is 142 Å². The molecule has 0 saturated carbocycles. The van der Waals surface area contributed by atoms with E-state index in [2.05, 4.69) is 5.11 Å². The van der Waals surface area contributed by atoms with Crippen molar-refractivity contribution in [1.82, 2.24) is 0 Å². The van der Waals surface area contributed by atoms with E-state index < -0.39 is 6.04 Å². The first-order valence-electron chi connectivity index (χ1n) is 8.28. The van der Waals surface area contributed by atoms with E-state index in [4.69, 9.17) is 14.6 Å². The van der Waals surface area contributed by atoms with E-state index in [0.29, 0.717) is 18.9 Å². The van der Waals surface area contributed by atoms with E-state index in [0.717, 1.165) is 12.0 Å². The summed E-state index contributed by atoms with van der Waals surface area (Å²) in [7, 11) is 0. The van der Waals surface area contributed by atoms with Crippen LogP contribution in [0.3, 0.4) is 0 Å². The third-order valence-corrected chi connectivity index (χ3v) is 3.64. The second kappa shape index (κ2) is 9.17. The van der Waals surface area contributed by atoms with Gasteiger partial charge in [0.05, 0.1) is 6.61 Å². The fourth-order valence-electron chi connectivity index (χ4n) is 2.32. The normalized spacial score (nSPS) is 14.5. The van der Waals surface area contributed by atoms with Gasteiger partial charge in [-0.25, -0.2) is 4.79 Å². The summed E-state index contributed by atoms with van der Waals surface area (Å²) in [5.41, 5.74) is 0.956. The van der Waals surface area contributed by atoms with Crippen molar-refractivity contribution in [3.05, 3.63) is 48.0 Å². The first kappa shape index (κ1) is 18.1. The van der Waals surface area contributed by atoms with Crippen LogP contribution in [0.1, 0.15) is 32.3 Å². The number of ether oxygens (including phenoxy) is 2. The van der Waals surface area contributed by atoms with E-state index in [1.807, 2.05) is 44.2 Å². The van der Waals surface area contributed by atoms with Crippen molar-refractivity contribution in [2.75, 3.05) is 13.2 Å². The summed E-state index contributed by atoms with van der Waals surface area (Å²) >= 11 is 0. The van der Waals surface area contributed by atoms with Crippen molar-refractivity contribution >= 4 is 5.97 Å². The number of aliphatic hydroxyl groups is 1. The Hall–Kier alpha value is -2.21. The van der Waals surface area contributed by atoms with E-state index in [-0.39, 0.29) is 25.1 Å². The summed E-state index contributed by atoms with van der Waals surface area (Å²) in [6, 6.07) is 9.13. The summed E-state index contributed by atoms with van der Waals surface area (Å²) in [6.45, 7) is 4.84. The maximum absolute atomic E-state index is 12.4. The molecule has 1 aromatic carbocycles. The zero-order valence-corrected chi connectivity index (χ0v) is 14.2. The fraction of sp³-hybridized carbons (Fsp3) is 0.500. The van der Waals surface area contributed by atoms with Crippen molar-refractivity contribution in [3.8, 4) is 0 Å². The second-order valence-electron chi connectivity index (χ2n) is 6.01. The van der Waals surface area contributed by atoms with Crippen LogP contribution in [0.5, 0.6) is 0 Å². The lowest BCUT2D eigenvalue weighted by molar-refractivity contribution is -0.585. The minimum atomic E-state index is -0.460. The number of nitrogens with zero attached hydrogens (tertiary/aromatic N) is 2. The quantitative estimate of drug-likeness (QED) is 0.406. The first-order valence-corrected chi connectivity index (χ1v) is 8.28. The summed E-state index contributed by atoms with van der Waals surface area (Å²) in [5.74, 6) is 0.270. The van der Waals surface area contributed by atoms with Crippen LogP contribution in [0, 0.1) is 5.92 Å². The fourth-order valence-corrected chi connectivity index (χ4v) is 2.32. The molecule has 1 aliphatic heterocycles. The Balaban J connectivity index is 1.83. The van der Waals surface area contributed by atoms with Crippen LogP contribution in [-0.2, 0) is 20.9 Å². The Morgan fingerprint density at radius 2 is 1.96 bits per heavy atom. The number of esters is 1. The number of aliphatic hydroxyl groups excluding tert-OH is 1. The number of rotatable bonds is 10. The number of azo groups is 2. The molecule has 1 N–H and O–H groups in total. The largest absolute Gasteiger partial charge is 0.469 e. The highest BCUT2D eigenvalue weighted by molar-refractivity contribution is 5.74. The van der Waals surface area contributed by atoms with Crippen LogP contribution in [0.4, 0.5) is 0 Å². The molecule has 0 spiro atoms. The minimum absolute atomic E-state index is 0.0595. The number of hydrogen-bond acceptors (Lipinski definition) is 5. The highest BCUT2D eigenvalue weighted by Crippen LogP contribution is 2.20. The topological polar surface area (TPSA) is 71.1 Å². The average Bonchev–Trinajstić information content (AvgIpc) is 2.54. The molecule has 6 nitrogen and oxygen atoms in total. The maximum atomic E-state index is 12.4. The van der Waals surface area contributed by atoms with Gasteiger partial charge >= 0.3 is 11.9 Å². The van der Waals surface area contributed by atoms with Gasteiger partial charge < -0.3 is 14.6 Å². The van der Waals surface area contributed by atoms with E-state index in [1.165, 1.54) is 0 Å². The lowest BCUT2D eigenvalue weighted by Gasteiger charge is -2.17. The number of carbonyl (C=O) groups excluding carboxylic acids is 1. The lowest BCUT2D eigenvalue weighted by atomic mass is 10.0. The van der Waals surface area contributed by atoms with Gasteiger partial charge in [-0.2, -0.15) is 0 Å². The van der Waals surface area contributed by atoms with Crippen molar-refractivity contribution in [2.45, 2.75) is 39.3 Å². The zero-order chi connectivity index (χ0) is 17.4. The molecule has 1 atom stereocenters. The number of hydrogen-bond donors (Lipinski definition) is 1. The van der Waals surface area contributed by atoms with Gasteiger partial charge in [0.1, 0.15) is 6.61 Å². The van der Waals surface area contributed by atoms with E-state index in [1.54, 1.807) is 10.9 Å². The van der Waals surface area contributed by atoms with Crippen molar-refractivity contribution in [2.24, 2.45) is 11.0 Å².